The van der Waals surface area contributed by atoms with Crippen molar-refractivity contribution in [2.45, 2.75) is 13.0 Å². The Morgan fingerprint density at radius 3 is 2.12 bits per heavy atom. The molecule has 1 rings (SSSR count). The zero-order valence-corrected chi connectivity index (χ0v) is 10.2. The lowest BCUT2D eigenvalue weighted by atomic mass is 10.1. The Balaban J connectivity index is 0.000000437. The summed E-state index contributed by atoms with van der Waals surface area (Å²) in [6, 6.07) is 5.31. The van der Waals surface area contributed by atoms with E-state index in [9.17, 15) is 5.11 Å². The van der Waals surface area contributed by atoms with Crippen molar-refractivity contribution < 1.29 is 27.4 Å². The Hall–Kier alpha value is -1.35. The van der Waals surface area contributed by atoms with E-state index in [1.165, 1.54) is 0 Å². The van der Waals surface area contributed by atoms with Gasteiger partial charge in [-0.1, -0.05) is 6.07 Å². The summed E-state index contributed by atoms with van der Waals surface area (Å²) < 4.78 is 36.6. The highest BCUT2D eigenvalue weighted by Gasteiger charge is 2.10. The van der Waals surface area contributed by atoms with Crippen molar-refractivity contribution in [3.05, 3.63) is 23.8 Å². The molecule has 0 aliphatic carbocycles. The van der Waals surface area contributed by atoms with E-state index in [1.54, 1.807) is 32.2 Å². The third-order valence-electron chi connectivity index (χ3n) is 1.74. The summed E-state index contributed by atoms with van der Waals surface area (Å²) in [6.45, 7) is 1.66. The monoisotopic (exact) mass is 265 g/mol. The number of ether oxygens (including phenoxy) is 1. The topological polar surface area (TPSA) is 130 Å². The van der Waals surface area contributed by atoms with Crippen LogP contribution >= 0.6 is 0 Å². The molecule has 98 valence electrons. The average Bonchev–Trinajstić information content (AvgIpc) is 2.13. The fourth-order valence-electron chi connectivity index (χ4n) is 1.19. The Morgan fingerprint density at radius 2 is 1.82 bits per heavy atom. The molecule has 1 aromatic rings. The maximum atomic E-state index is 9.36. The van der Waals surface area contributed by atoms with Crippen LogP contribution in [0.3, 0.4) is 0 Å². The van der Waals surface area contributed by atoms with Crippen molar-refractivity contribution in [3.8, 4) is 5.75 Å². The summed E-state index contributed by atoms with van der Waals surface area (Å²) in [5.41, 5.74) is 6.87. The largest absolute Gasteiger partial charge is 0.496 e. The summed E-state index contributed by atoms with van der Waals surface area (Å²) in [4.78, 5) is 0. The summed E-state index contributed by atoms with van der Waals surface area (Å²) in [6.07, 6.45) is -0.596. The molecule has 0 spiro atoms. The lowest BCUT2D eigenvalue weighted by Gasteiger charge is -2.12. The highest BCUT2D eigenvalue weighted by atomic mass is 32.3. The number of methoxy groups -OCH3 is 1. The van der Waals surface area contributed by atoms with Crippen molar-refractivity contribution in [2.75, 3.05) is 12.8 Å². The first-order valence-electron chi connectivity index (χ1n) is 4.47. The Kier molecular flexibility index (Phi) is 5.89. The molecule has 1 aromatic carbocycles. The minimum Gasteiger partial charge on any atom is -0.496 e. The molecule has 8 heteroatoms. The van der Waals surface area contributed by atoms with E-state index in [0.29, 0.717) is 17.0 Å². The van der Waals surface area contributed by atoms with Crippen molar-refractivity contribution in [1.82, 2.24) is 0 Å². The number of aliphatic hydroxyl groups excluding tert-OH is 1. The van der Waals surface area contributed by atoms with Gasteiger partial charge in [-0.25, -0.2) is 0 Å². The van der Waals surface area contributed by atoms with Crippen LogP contribution in [0, 0.1) is 0 Å². The van der Waals surface area contributed by atoms with Gasteiger partial charge in [0.05, 0.1) is 13.2 Å². The molecule has 0 aromatic heterocycles. The van der Waals surface area contributed by atoms with Gasteiger partial charge >= 0.3 is 10.4 Å². The number of hydrogen-bond acceptors (Lipinski definition) is 5. The van der Waals surface area contributed by atoms with E-state index < -0.39 is 16.5 Å². The van der Waals surface area contributed by atoms with E-state index in [-0.39, 0.29) is 0 Å². The van der Waals surface area contributed by atoms with E-state index in [4.69, 9.17) is 28.0 Å². The predicted molar refractivity (Wildman–Crippen MR) is 62.2 cm³/mol. The second-order valence-electron chi connectivity index (χ2n) is 3.09. The smallest absolute Gasteiger partial charge is 0.394 e. The molecular weight excluding hydrogens is 250 g/mol. The first kappa shape index (κ1) is 15.7. The number of rotatable bonds is 2. The first-order chi connectivity index (χ1) is 7.66. The molecule has 0 radical (unpaired) electrons. The molecule has 0 bridgehead atoms. The van der Waals surface area contributed by atoms with Crippen LogP contribution in [0.4, 0.5) is 5.69 Å². The van der Waals surface area contributed by atoms with Gasteiger partial charge in [0.15, 0.2) is 0 Å². The maximum absolute atomic E-state index is 9.36. The molecule has 17 heavy (non-hydrogen) atoms. The zero-order chi connectivity index (χ0) is 13.6. The molecule has 0 fully saturated rings. The van der Waals surface area contributed by atoms with Crippen molar-refractivity contribution >= 4 is 16.1 Å². The van der Waals surface area contributed by atoms with Gasteiger partial charge in [-0.15, -0.1) is 0 Å². The average molecular weight is 265 g/mol. The van der Waals surface area contributed by atoms with Crippen LogP contribution in [0.5, 0.6) is 5.75 Å². The summed E-state index contributed by atoms with van der Waals surface area (Å²) in [5.74, 6) is 0.630. The number of nitrogens with two attached hydrogens (primary N) is 1. The standard InChI is InChI=1S/C9H13NO2.H2O4S/c1-6(11)9-7(10)4-3-5-8(9)12-2;1-5(2,3)4/h3-6,11H,10H2,1-2H3;(H2,1,2,3,4). The Bertz CT molecular complexity index is 449. The molecule has 0 aliphatic heterocycles. The third-order valence-corrected chi connectivity index (χ3v) is 1.74. The third kappa shape index (κ3) is 6.74. The van der Waals surface area contributed by atoms with Gasteiger partial charge in [-0.3, -0.25) is 9.11 Å². The summed E-state index contributed by atoms with van der Waals surface area (Å²) >= 11 is 0. The van der Waals surface area contributed by atoms with E-state index in [1.807, 2.05) is 0 Å². The fourth-order valence-corrected chi connectivity index (χ4v) is 1.19. The van der Waals surface area contributed by atoms with Crippen LogP contribution in [0.15, 0.2) is 18.2 Å². The van der Waals surface area contributed by atoms with Crippen molar-refractivity contribution in [2.24, 2.45) is 0 Å². The van der Waals surface area contributed by atoms with E-state index in [0.717, 1.165) is 0 Å². The van der Waals surface area contributed by atoms with Crippen molar-refractivity contribution in [3.63, 3.8) is 0 Å². The molecule has 0 saturated carbocycles. The van der Waals surface area contributed by atoms with Gasteiger partial charge in [0.25, 0.3) is 0 Å². The quantitative estimate of drug-likeness (QED) is 0.457. The van der Waals surface area contributed by atoms with Crippen LogP contribution in [-0.2, 0) is 10.4 Å². The minimum absolute atomic E-state index is 0.560. The second-order valence-corrected chi connectivity index (χ2v) is 3.98. The molecule has 1 atom stereocenters. The predicted octanol–water partition coefficient (Wildman–Crippen LogP) is 0.678. The van der Waals surface area contributed by atoms with Gasteiger partial charge in [0, 0.05) is 11.3 Å². The van der Waals surface area contributed by atoms with Crippen molar-refractivity contribution in [1.29, 1.82) is 0 Å². The molecule has 1 unspecified atom stereocenters. The minimum atomic E-state index is -4.67. The number of hydrogen-bond donors (Lipinski definition) is 4. The first-order valence-corrected chi connectivity index (χ1v) is 5.86. The molecular formula is C9H15NO6S. The lowest BCUT2D eigenvalue weighted by Crippen LogP contribution is -2.01. The SMILES string of the molecule is COc1cccc(N)c1C(C)O.O=S(=O)(O)O. The molecule has 5 N–H and O–H groups in total. The molecule has 7 nitrogen and oxygen atoms in total. The van der Waals surface area contributed by atoms with Crippen LogP contribution in [0.2, 0.25) is 0 Å². The number of anilines is 1. The van der Waals surface area contributed by atoms with Gasteiger partial charge in [-0.2, -0.15) is 8.42 Å². The number of aliphatic hydroxyl groups is 1. The Labute approximate surface area is 99.4 Å². The maximum Gasteiger partial charge on any atom is 0.394 e. The number of nitrogen functional groups attached to an aromatic ring is 1. The summed E-state index contributed by atoms with van der Waals surface area (Å²) in [5, 5.41) is 9.36. The van der Waals surface area contributed by atoms with Gasteiger partial charge < -0.3 is 15.6 Å². The molecule has 0 saturated heterocycles. The Morgan fingerprint density at radius 1 is 1.35 bits per heavy atom. The van der Waals surface area contributed by atoms with Gasteiger partial charge in [0.1, 0.15) is 5.75 Å². The summed E-state index contributed by atoms with van der Waals surface area (Å²) in [7, 11) is -3.11. The van der Waals surface area contributed by atoms with Crippen LogP contribution in [0.25, 0.3) is 0 Å². The van der Waals surface area contributed by atoms with E-state index >= 15 is 0 Å². The van der Waals surface area contributed by atoms with Crippen LogP contribution in [-0.4, -0.2) is 29.7 Å². The van der Waals surface area contributed by atoms with E-state index in [2.05, 4.69) is 0 Å². The number of benzene rings is 1. The second kappa shape index (κ2) is 6.40. The van der Waals surface area contributed by atoms with Gasteiger partial charge in [0.2, 0.25) is 0 Å². The van der Waals surface area contributed by atoms with Crippen LogP contribution in [0.1, 0.15) is 18.6 Å². The molecule has 0 heterocycles. The molecule has 0 amide bonds. The van der Waals surface area contributed by atoms with Crippen LogP contribution < -0.4 is 10.5 Å². The normalized spacial score (nSPS) is 12.3. The highest BCUT2D eigenvalue weighted by molar-refractivity contribution is 7.79. The highest BCUT2D eigenvalue weighted by Crippen LogP contribution is 2.29. The lowest BCUT2D eigenvalue weighted by molar-refractivity contribution is 0.195. The molecule has 0 aliphatic rings. The van der Waals surface area contributed by atoms with Gasteiger partial charge in [-0.05, 0) is 19.1 Å². The fraction of sp³-hybridized carbons (Fsp3) is 0.333. The zero-order valence-electron chi connectivity index (χ0n) is 9.36.